The van der Waals surface area contributed by atoms with Gasteiger partial charge < -0.3 is 4.98 Å². The van der Waals surface area contributed by atoms with Crippen LogP contribution < -0.4 is 0 Å². The van der Waals surface area contributed by atoms with Crippen LogP contribution in [0.25, 0.3) is 45.0 Å². The van der Waals surface area contributed by atoms with E-state index in [1.165, 1.54) is 18.2 Å². The van der Waals surface area contributed by atoms with E-state index in [9.17, 15) is 26.3 Å². The Balaban J connectivity index is 0.000000193. The largest absolute Gasteiger partial charge is 3.00 e. The van der Waals surface area contributed by atoms with Crippen LogP contribution in [0.15, 0.2) is 97.3 Å². The third-order valence-corrected chi connectivity index (χ3v) is 5.80. The van der Waals surface area contributed by atoms with Gasteiger partial charge in [-0.3, -0.25) is 36.3 Å². The number of aromatic nitrogens is 3. The fourth-order valence-corrected chi connectivity index (χ4v) is 3.89. The molecule has 214 valence electrons. The molecule has 0 N–H and O–H groups in total. The van der Waals surface area contributed by atoms with E-state index in [-0.39, 0.29) is 53.7 Å². The van der Waals surface area contributed by atoms with Crippen LogP contribution in [-0.2, 0) is 20.1 Å². The average Bonchev–Trinajstić information content (AvgIpc) is 2.98. The number of rotatable bonds is 4. The smallest absolute Gasteiger partial charge is 0.345 e. The Labute approximate surface area is 256 Å². The monoisotopic (exact) mass is 761 g/mol. The van der Waals surface area contributed by atoms with Crippen molar-refractivity contribution in [3.8, 4) is 45.0 Å². The minimum absolute atomic E-state index is 0. The summed E-state index contributed by atoms with van der Waals surface area (Å²) in [6, 6.07) is 26.6. The molecule has 0 unspecified atom stereocenters. The molecule has 6 aromatic rings. The standard InChI is InChI=1S/C17H7F4N.C16H9F2N2.Ir/c18-10-4-6-12(14(20)8-10)16-2-1-3-17(22-16)13-7-5-11(19)9-15(13)21;17-13-10-14(18)12(16-6-2-4-8-20-16)9-11(13)15-5-1-3-7-19-15;/h1-5,8-9H;1-8,10H;/q-2;-1;+3. The third-order valence-electron chi connectivity index (χ3n) is 5.80. The number of halogens is 6. The van der Waals surface area contributed by atoms with Gasteiger partial charge in [-0.25, -0.2) is 0 Å². The van der Waals surface area contributed by atoms with Gasteiger partial charge in [0.25, 0.3) is 0 Å². The Morgan fingerprint density at radius 3 is 1.28 bits per heavy atom. The van der Waals surface area contributed by atoms with Gasteiger partial charge in [0.05, 0.1) is 11.6 Å². The van der Waals surface area contributed by atoms with Gasteiger partial charge in [0.15, 0.2) is 0 Å². The molecule has 3 aromatic carbocycles. The van der Waals surface area contributed by atoms with E-state index in [2.05, 4.69) is 33.2 Å². The van der Waals surface area contributed by atoms with Crippen LogP contribution in [0.2, 0.25) is 0 Å². The van der Waals surface area contributed by atoms with E-state index in [4.69, 9.17) is 0 Å². The van der Waals surface area contributed by atoms with Crippen LogP contribution in [-0.4, -0.2) is 15.0 Å². The van der Waals surface area contributed by atoms with E-state index in [1.807, 2.05) is 0 Å². The second-order valence-electron chi connectivity index (χ2n) is 8.63. The maximum Gasteiger partial charge on any atom is 3.00 e. The van der Waals surface area contributed by atoms with Gasteiger partial charge in [0.2, 0.25) is 0 Å². The van der Waals surface area contributed by atoms with Gasteiger partial charge >= 0.3 is 20.1 Å². The van der Waals surface area contributed by atoms with Crippen LogP contribution in [0.1, 0.15) is 0 Å². The molecule has 0 aliphatic heterocycles. The minimum atomic E-state index is -0.826. The number of hydrogen-bond acceptors (Lipinski definition) is 3. The molecule has 0 spiro atoms. The maximum absolute atomic E-state index is 13.9. The van der Waals surface area contributed by atoms with Crippen LogP contribution in [0.3, 0.4) is 0 Å². The molecule has 6 rings (SSSR count). The van der Waals surface area contributed by atoms with Crippen molar-refractivity contribution < 1.29 is 46.4 Å². The molecule has 0 saturated heterocycles. The molecule has 10 heteroatoms. The summed E-state index contributed by atoms with van der Waals surface area (Å²) in [6.07, 6.45) is 3.10. The van der Waals surface area contributed by atoms with E-state index >= 15 is 0 Å². The fourth-order valence-electron chi connectivity index (χ4n) is 3.89. The maximum atomic E-state index is 13.9. The molecule has 0 saturated carbocycles. The summed E-state index contributed by atoms with van der Waals surface area (Å²) in [7, 11) is 0. The van der Waals surface area contributed by atoms with Crippen LogP contribution in [0.4, 0.5) is 26.3 Å². The SMILES string of the molecule is Fc1c[c-]c(-c2cccc(-c3[c-]cc(F)cc3F)n2)c(F)c1.Fc1cc(F)c(-c2ccccn2)[c-]c1-c1ccccn1.[Ir+3]. The molecule has 3 nitrogen and oxygen atoms in total. The third kappa shape index (κ3) is 7.41. The molecule has 0 radical (unpaired) electrons. The first-order valence-corrected chi connectivity index (χ1v) is 12.3. The molecule has 0 fully saturated rings. The predicted molar refractivity (Wildman–Crippen MR) is 144 cm³/mol. The second kappa shape index (κ2) is 14.0. The molecule has 0 aliphatic carbocycles. The van der Waals surface area contributed by atoms with Crippen molar-refractivity contribution in [2.75, 3.05) is 0 Å². The summed E-state index contributed by atoms with van der Waals surface area (Å²) in [6.45, 7) is 0. The number of nitrogens with zero attached hydrogens (tertiary/aromatic N) is 3. The zero-order valence-corrected chi connectivity index (χ0v) is 24.1. The summed E-state index contributed by atoms with van der Waals surface area (Å²) < 4.78 is 81.2. The molecular formula is C33H16F6IrN3. The summed E-state index contributed by atoms with van der Waals surface area (Å²) in [5.41, 5.74) is 1.32. The minimum Gasteiger partial charge on any atom is -0.345 e. The summed E-state index contributed by atoms with van der Waals surface area (Å²) in [5, 5.41) is 0. The molecule has 0 atom stereocenters. The topological polar surface area (TPSA) is 38.7 Å². The van der Waals surface area contributed by atoms with Crippen molar-refractivity contribution in [1.82, 2.24) is 15.0 Å². The normalized spacial score (nSPS) is 10.4. The second-order valence-corrected chi connectivity index (χ2v) is 8.63. The Morgan fingerprint density at radius 1 is 0.465 bits per heavy atom. The molecule has 0 bridgehead atoms. The summed E-state index contributed by atoms with van der Waals surface area (Å²) in [4.78, 5) is 12.2. The quantitative estimate of drug-likeness (QED) is 0.134. The van der Waals surface area contributed by atoms with Gasteiger partial charge in [0.1, 0.15) is 0 Å². The molecule has 3 aromatic heterocycles. The van der Waals surface area contributed by atoms with Gasteiger partial charge in [-0.05, 0) is 23.5 Å². The van der Waals surface area contributed by atoms with E-state index < -0.39 is 34.9 Å². The zero-order valence-electron chi connectivity index (χ0n) is 21.7. The van der Waals surface area contributed by atoms with Crippen molar-refractivity contribution in [3.05, 3.63) is 150 Å². The fraction of sp³-hybridized carbons (Fsp3) is 0. The molecule has 3 heterocycles. The molecular weight excluding hydrogens is 745 g/mol. The predicted octanol–water partition coefficient (Wildman–Crippen LogP) is 8.46. The van der Waals surface area contributed by atoms with Gasteiger partial charge in [-0.2, -0.15) is 0 Å². The first-order chi connectivity index (χ1) is 20.3. The van der Waals surface area contributed by atoms with E-state index in [0.29, 0.717) is 23.5 Å². The van der Waals surface area contributed by atoms with Gasteiger partial charge in [0, 0.05) is 47.1 Å². The first kappa shape index (κ1) is 31.3. The van der Waals surface area contributed by atoms with Crippen molar-refractivity contribution >= 4 is 0 Å². The van der Waals surface area contributed by atoms with Gasteiger partial charge in [-0.1, -0.05) is 82.9 Å². The van der Waals surface area contributed by atoms with Crippen LogP contribution in [0.5, 0.6) is 0 Å². The summed E-state index contributed by atoms with van der Waals surface area (Å²) in [5.74, 6) is -4.55. The Morgan fingerprint density at radius 2 is 0.884 bits per heavy atom. The first-order valence-electron chi connectivity index (χ1n) is 12.3. The average molecular weight is 761 g/mol. The van der Waals surface area contributed by atoms with Gasteiger partial charge in [-0.15, -0.1) is 30.3 Å². The zero-order chi connectivity index (χ0) is 29.6. The van der Waals surface area contributed by atoms with Crippen molar-refractivity contribution in [1.29, 1.82) is 0 Å². The number of pyridine rings is 3. The van der Waals surface area contributed by atoms with Crippen molar-refractivity contribution in [3.63, 3.8) is 0 Å². The Hall–Kier alpha value is -4.66. The van der Waals surface area contributed by atoms with Crippen molar-refractivity contribution in [2.24, 2.45) is 0 Å². The van der Waals surface area contributed by atoms with Crippen LogP contribution >= 0.6 is 0 Å². The number of hydrogen-bond donors (Lipinski definition) is 0. The molecule has 43 heavy (non-hydrogen) atoms. The molecule has 0 amide bonds. The van der Waals surface area contributed by atoms with Crippen LogP contribution in [0, 0.1) is 53.1 Å². The Bertz CT molecular complexity index is 1730. The number of benzene rings is 3. The summed E-state index contributed by atoms with van der Waals surface area (Å²) >= 11 is 0. The van der Waals surface area contributed by atoms with E-state index in [0.717, 1.165) is 18.2 Å². The van der Waals surface area contributed by atoms with Crippen molar-refractivity contribution in [2.45, 2.75) is 0 Å². The Kier molecular flexibility index (Phi) is 10.2. The van der Waals surface area contributed by atoms with E-state index in [1.54, 1.807) is 48.8 Å². The molecule has 0 aliphatic rings.